The molecule has 176 valence electrons. The van der Waals surface area contributed by atoms with E-state index in [-0.39, 0.29) is 42.0 Å². The van der Waals surface area contributed by atoms with Crippen LogP contribution < -0.4 is 16.0 Å². The van der Waals surface area contributed by atoms with Crippen LogP contribution in [0.1, 0.15) is 61.2 Å². The van der Waals surface area contributed by atoms with Crippen molar-refractivity contribution in [3.05, 3.63) is 71.3 Å². The van der Waals surface area contributed by atoms with Gasteiger partial charge in [-0.1, -0.05) is 49.4 Å². The van der Waals surface area contributed by atoms with Crippen LogP contribution in [0.5, 0.6) is 0 Å². The maximum Gasteiger partial charge on any atom is 0.251 e. The third kappa shape index (κ3) is 9.99. The van der Waals surface area contributed by atoms with Gasteiger partial charge in [0.2, 0.25) is 0 Å². The minimum atomic E-state index is -0.0385. The second kappa shape index (κ2) is 15.6. The topological polar surface area (TPSA) is 74.8 Å². The third-order valence-electron chi connectivity index (χ3n) is 5.11. The SMILES string of the molecule is CCC(C)NC(=O)c1cccc(CNC(=NC)NCCCOC(C)c2ccccc2)c1.I. The molecular weight excluding hydrogens is 515 g/mol. The molecule has 0 aliphatic heterocycles. The molecule has 0 spiro atoms. The predicted molar refractivity (Wildman–Crippen MR) is 143 cm³/mol. The number of benzene rings is 2. The molecule has 0 radical (unpaired) electrons. The van der Waals surface area contributed by atoms with Crippen LogP contribution in [0.25, 0.3) is 0 Å². The minimum absolute atomic E-state index is 0. The number of rotatable bonds is 11. The number of halogens is 1. The lowest BCUT2D eigenvalue weighted by Crippen LogP contribution is -2.37. The molecule has 0 aliphatic carbocycles. The van der Waals surface area contributed by atoms with Gasteiger partial charge in [-0.05, 0) is 49.9 Å². The van der Waals surface area contributed by atoms with E-state index in [0.717, 1.165) is 30.9 Å². The summed E-state index contributed by atoms with van der Waals surface area (Å²) in [4.78, 5) is 16.6. The second-order valence-electron chi connectivity index (χ2n) is 7.61. The van der Waals surface area contributed by atoms with Crippen LogP contribution in [0.4, 0.5) is 0 Å². The van der Waals surface area contributed by atoms with Gasteiger partial charge in [0.25, 0.3) is 5.91 Å². The van der Waals surface area contributed by atoms with E-state index in [4.69, 9.17) is 4.74 Å². The highest BCUT2D eigenvalue weighted by Crippen LogP contribution is 2.15. The van der Waals surface area contributed by atoms with Crippen LogP contribution in [0.2, 0.25) is 0 Å². The van der Waals surface area contributed by atoms with Crippen molar-refractivity contribution in [1.29, 1.82) is 0 Å². The number of carbonyl (C=O) groups excluding carboxylic acids is 1. The first-order valence-corrected chi connectivity index (χ1v) is 11.0. The summed E-state index contributed by atoms with van der Waals surface area (Å²) in [6.07, 6.45) is 1.87. The number of nitrogens with zero attached hydrogens (tertiary/aromatic N) is 1. The number of amides is 1. The van der Waals surface area contributed by atoms with Crippen molar-refractivity contribution in [2.75, 3.05) is 20.2 Å². The molecule has 2 aromatic rings. The quantitative estimate of drug-likeness (QED) is 0.164. The largest absolute Gasteiger partial charge is 0.374 e. The highest BCUT2D eigenvalue weighted by molar-refractivity contribution is 14.0. The molecule has 3 N–H and O–H groups in total. The van der Waals surface area contributed by atoms with Gasteiger partial charge < -0.3 is 20.7 Å². The normalized spacial score (nSPS) is 12.9. The van der Waals surface area contributed by atoms with E-state index in [0.29, 0.717) is 18.7 Å². The molecule has 7 heteroatoms. The van der Waals surface area contributed by atoms with E-state index >= 15 is 0 Å². The van der Waals surface area contributed by atoms with Gasteiger partial charge in [0.05, 0.1) is 6.10 Å². The minimum Gasteiger partial charge on any atom is -0.374 e. The van der Waals surface area contributed by atoms with E-state index in [1.165, 1.54) is 5.56 Å². The number of hydrogen-bond donors (Lipinski definition) is 3. The zero-order valence-corrected chi connectivity index (χ0v) is 21.9. The van der Waals surface area contributed by atoms with Gasteiger partial charge >= 0.3 is 0 Å². The lowest BCUT2D eigenvalue weighted by atomic mass is 10.1. The fourth-order valence-electron chi connectivity index (χ4n) is 3.00. The molecule has 1 amide bonds. The number of aliphatic imine (C=N–C) groups is 1. The molecule has 2 rings (SSSR count). The Morgan fingerprint density at radius 3 is 2.50 bits per heavy atom. The van der Waals surface area contributed by atoms with Gasteiger partial charge in [-0.15, -0.1) is 24.0 Å². The fraction of sp³-hybridized carbons (Fsp3) is 0.440. The van der Waals surface area contributed by atoms with Crippen LogP contribution in [-0.2, 0) is 11.3 Å². The molecule has 6 nitrogen and oxygen atoms in total. The molecule has 0 aliphatic rings. The monoisotopic (exact) mass is 552 g/mol. The van der Waals surface area contributed by atoms with Crippen LogP contribution in [0.3, 0.4) is 0 Å². The predicted octanol–water partition coefficient (Wildman–Crippen LogP) is 4.67. The van der Waals surface area contributed by atoms with Crippen LogP contribution in [0.15, 0.2) is 59.6 Å². The molecule has 2 aromatic carbocycles. The van der Waals surface area contributed by atoms with Gasteiger partial charge in [0.15, 0.2) is 5.96 Å². The van der Waals surface area contributed by atoms with Crippen molar-refractivity contribution >= 4 is 35.8 Å². The Balaban J connectivity index is 0.00000512. The fourth-order valence-corrected chi connectivity index (χ4v) is 3.00. The maximum absolute atomic E-state index is 12.3. The Labute approximate surface area is 209 Å². The first kappa shape index (κ1) is 27.9. The molecule has 0 heterocycles. The van der Waals surface area contributed by atoms with Gasteiger partial charge in [-0.2, -0.15) is 0 Å². The highest BCUT2D eigenvalue weighted by atomic mass is 127. The van der Waals surface area contributed by atoms with Gasteiger partial charge in [0.1, 0.15) is 0 Å². The standard InChI is InChI=1S/C25H36N4O2.HI/c1-5-19(2)29-24(30)23-14-9-11-21(17-23)18-28-25(26-4)27-15-10-16-31-20(3)22-12-7-6-8-13-22;/h6-9,11-14,17,19-20H,5,10,15-16,18H2,1-4H3,(H,29,30)(H2,26,27,28);1H. The average Bonchev–Trinajstić information content (AvgIpc) is 2.81. The molecule has 0 aromatic heterocycles. The van der Waals surface area contributed by atoms with E-state index in [1.54, 1.807) is 7.05 Å². The van der Waals surface area contributed by atoms with Crippen molar-refractivity contribution in [3.8, 4) is 0 Å². The van der Waals surface area contributed by atoms with Gasteiger partial charge in [-0.25, -0.2) is 0 Å². The van der Waals surface area contributed by atoms with E-state index < -0.39 is 0 Å². The Hall–Kier alpha value is -2.13. The zero-order chi connectivity index (χ0) is 22.5. The van der Waals surface area contributed by atoms with Crippen LogP contribution in [0, 0.1) is 0 Å². The number of nitrogens with one attached hydrogen (secondary N) is 3. The van der Waals surface area contributed by atoms with Crippen LogP contribution >= 0.6 is 24.0 Å². The van der Waals surface area contributed by atoms with E-state index in [9.17, 15) is 4.79 Å². The molecule has 0 saturated heterocycles. The van der Waals surface area contributed by atoms with Crippen molar-refractivity contribution < 1.29 is 9.53 Å². The molecule has 0 fully saturated rings. The van der Waals surface area contributed by atoms with Crippen LogP contribution in [-0.4, -0.2) is 38.1 Å². The molecule has 2 unspecified atom stereocenters. The first-order chi connectivity index (χ1) is 15.0. The van der Waals surface area contributed by atoms with Crippen molar-refractivity contribution in [1.82, 2.24) is 16.0 Å². The van der Waals surface area contributed by atoms with E-state index in [2.05, 4.69) is 46.9 Å². The van der Waals surface area contributed by atoms with Gasteiger partial charge in [-0.3, -0.25) is 9.79 Å². The lowest BCUT2D eigenvalue weighted by molar-refractivity contribution is 0.0646. The number of carbonyl (C=O) groups is 1. The average molecular weight is 553 g/mol. The smallest absolute Gasteiger partial charge is 0.251 e. The molecule has 32 heavy (non-hydrogen) atoms. The summed E-state index contributed by atoms with van der Waals surface area (Å²) in [6, 6.07) is 18.0. The lowest BCUT2D eigenvalue weighted by Gasteiger charge is -2.15. The molecule has 0 bridgehead atoms. The highest BCUT2D eigenvalue weighted by Gasteiger charge is 2.09. The summed E-state index contributed by atoms with van der Waals surface area (Å²) in [5, 5.41) is 9.60. The first-order valence-electron chi connectivity index (χ1n) is 11.0. The number of hydrogen-bond acceptors (Lipinski definition) is 3. The van der Waals surface area contributed by atoms with Crippen molar-refractivity contribution in [2.24, 2.45) is 4.99 Å². The third-order valence-corrected chi connectivity index (χ3v) is 5.11. The summed E-state index contributed by atoms with van der Waals surface area (Å²) in [7, 11) is 1.75. The summed E-state index contributed by atoms with van der Waals surface area (Å²) < 4.78 is 5.91. The Kier molecular flexibility index (Phi) is 13.6. The van der Waals surface area contributed by atoms with E-state index in [1.807, 2.05) is 49.4 Å². The van der Waals surface area contributed by atoms with Crippen molar-refractivity contribution in [2.45, 2.75) is 52.3 Å². The summed E-state index contributed by atoms with van der Waals surface area (Å²) in [6.45, 7) is 8.16. The second-order valence-corrected chi connectivity index (χ2v) is 7.61. The maximum atomic E-state index is 12.3. The molecular formula is C25H37IN4O2. The Morgan fingerprint density at radius 2 is 1.81 bits per heavy atom. The zero-order valence-electron chi connectivity index (χ0n) is 19.6. The van der Waals surface area contributed by atoms with Gasteiger partial charge in [0, 0.05) is 38.3 Å². The Bertz CT molecular complexity index is 830. The molecule has 2 atom stereocenters. The van der Waals surface area contributed by atoms with Crippen molar-refractivity contribution in [3.63, 3.8) is 0 Å². The summed E-state index contributed by atoms with van der Waals surface area (Å²) >= 11 is 0. The Morgan fingerprint density at radius 1 is 1.06 bits per heavy atom. The number of ether oxygens (including phenoxy) is 1. The molecule has 0 saturated carbocycles. The number of guanidine groups is 1. The summed E-state index contributed by atoms with van der Waals surface area (Å²) in [5.41, 5.74) is 2.89. The summed E-state index contributed by atoms with van der Waals surface area (Å²) in [5.74, 6) is 0.689.